The minimum atomic E-state index is -0.537. The lowest BCUT2D eigenvalue weighted by Crippen LogP contribution is -2.23. The molecule has 0 aliphatic carbocycles. The van der Waals surface area contributed by atoms with Gasteiger partial charge in [0.2, 0.25) is 5.91 Å². The van der Waals surface area contributed by atoms with E-state index in [1.807, 2.05) is 18.2 Å². The zero-order valence-electron chi connectivity index (χ0n) is 20.3. The molecule has 37 heavy (non-hydrogen) atoms. The Morgan fingerprint density at radius 2 is 1.70 bits per heavy atom. The number of carbonyl (C=O) groups excluding carboxylic acids is 2. The maximum Gasteiger partial charge on any atom is 0.271 e. The van der Waals surface area contributed by atoms with E-state index < -0.39 is 10.2 Å². The van der Waals surface area contributed by atoms with Gasteiger partial charge in [0.05, 0.1) is 15.9 Å². The van der Waals surface area contributed by atoms with E-state index >= 15 is 0 Å². The smallest absolute Gasteiger partial charge is 0.271 e. The summed E-state index contributed by atoms with van der Waals surface area (Å²) >= 11 is 1.23. The molecule has 1 unspecified atom stereocenters. The monoisotopic (exact) mass is 516 g/mol. The zero-order valence-corrected chi connectivity index (χ0v) is 21.2. The molecule has 2 amide bonds. The summed E-state index contributed by atoms with van der Waals surface area (Å²) in [4.78, 5) is 35.7. The van der Waals surface area contributed by atoms with E-state index in [1.54, 1.807) is 67.9 Å². The van der Waals surface area contributed by atoms with E-state index in [9.17, 15) is 19.7 Å². The number of non-ortho nitro benzene ring substituents is 1. The molecule has 4 aromatic rings. The van der Waals surface area contributed by atoms with Crippen LogP contribution in [0.4, 0.5) is 17.1 Å². The van der Waals surface area contributed by atoms with Gasteiger partial charge in [-0.15, -0.1) is 10.2 Å². The summed E-state index contributed by atoms with van der Waals surface area (Å²) in [5.74, 6) is 0.0977. The predicted molar refractivity (Wildman–Crippen MR) is 143 cm³/mol. The average molecular weight is 517 g/mol. The molecule has 0 aliphatic rings. The minimum Gasteiger partial charge on any atom is -0.325 e. The van der Waals surface area contributed by atoms with Gasteiger partial charge in [-0.3, -0.25) is 19.7 Å². The van der Waals surface area contributed by atoms with Gasteiger partial charge < -0.3 is 15.2 Å². The number of aromatic nitrogens is 3. The van der Waals surface area contributed by atoms with Crippen molar-refractivity contribution >= 4 is 40.6 Å². The highest BCUT2D eigenvalue weighted by Crippen LogP contribution is 2.28. The summed E-state index contributed by atoms with van der Waals surface area (Å²) in [5.41, 5.74) is 3.04. The number of nitro groups is 1. The molecule has 0 fully saturated rings. The van der Waals surface area contributed by atoms with Crippen LogP contribution in [-0.2, 0) is 11.8 Å². The Hall–Kier alpha value is -4.51. The topological polar surface area (TPSA) is 132 Å². The number of carbonyl (C=O) groups is 2. The highest BCUT2D eigenvalue weighted by atomic mass is 32.2. The first-order valence-electron chi connectivity index (χ1n) is 11.3. The minimum absolute atomic E-state index is 0.0928. The lowest BCUT2D eigenvalue weighted by atomic mass is 10.1. The van der Waals surface area contributed by atoms with Gasteiger partial charge in [0.15, 0.2) is 11.0 Å². The van der Waals surface area contributed by atoms with Crippen molar-refractivity contribution in [3.05, 3.63) is 94.0 Å². The Bertz CT molecular complexity index is 1450. The molecule has 3 aromatic carbocycles. The summed E-state index contributed by atoms with van der Waals surface area (Å²) in [6.45, 7) is 3.50. The summed E-state index contributed by atoms with van der Waals surface area (Å²) in [6, 6.07) is 20.5. The zero-order chi connectivity index (χ0) is 26.5. The number of thioether (sulfide) groups is 1. The van der Waals surface area contributed by atoms with Crippen LogP contribution in [0.5, 0.6) is 0 Å². The summed E-state index contributed by atoms with van der Waals surface area (Å²) in [5, 5.41) is 25.2. The van der Waals surface area contributed by atoms with Gasteiger partial charge in [-0.05, 0) is 55.8 Å². The molecule has 1 heterocycles. The molecule has 2 N–H and O–H groups in total. The van der Waals surface area contributed by atoms with Crippen LogP contribution < -0.4 is 10.6 Å². The Morgan fingerprint density at radius 3 is 2.38 bits per heavy atom. The third kappa shape index (κ3) is 6.01. The van der Waals surface area contributed by atoms with E-state index in [0.717, 1.165) is 11.1 Å². The fraction of sp³-hybridized carbons (Fsp3) is 0.154. The molecule has 10 nitrogen and oxygen atoms in total. The predicted octanol–water partition coefficient (Wildman–Crippen LogP) is 5.07. The van der Waals surface area contributed by atoms with Gasteiger partial charge in [-0.1, -0.05) is 36.0 Å². The standard InChI is InChI=1S/C26H24N6O4S/c1-16-9-14-21(32(35)36)15-22(16)28-24(33)17(2)37-26-30-29-23(31(26)3)18-10-12-20(13-11-18)27-25(34)19-7-5-4-6-8-19/h4-15,17H,1-3H3,(H,27,34)(H,28,33). The number of anilines is 2. The van der Waals surface area contributed by atoms with E-state index in [4.69, 9.17) is 0 Å². The van der Waals surface area contributed by atoms with Crippen LogP contribution in [0.3, 0.4) is 0 Å². The number of hydrogen-bond acceptors (Lipinski definition) is 7. The first-order valence-corrected chi connectivity index (χ1v) is 12.2. The molecular weight excluding hydrogens is 492 g/mol. The van der Waals surface area contributed by atoms with Gasteiger partial charge in [0.25, 0.3) is 11.6 Å². The van der Waals surface area contributed by atoms with E-state index in [0.29, 0.717) is 27.9 Å². The Balaban J connectivity index is 1.41. The van der Waals surface area contributed by atoms with Crippen molar-refractivity contribution in [2.24, 2.45) is 7.05 Å². The molecule has 0 spiro atoms. The molecule has 11 heteroatoms. The van der Waals surface area contributed by atoms with Crippen LogP contribution >= 0.6 is 11.8 Å². The van der Waals surface area contributed by atoms with E-state index in [-0.39, 0.29) is 17.5 Å². The highest BCUT2D eigenvalue weighted by molar-refractivity contribution is 8.00. The second-order valence-electron chi connectivity index (χ2n) is 8.27. The normalized spacial score (nSPS) is 11.5. The number of benzene rings is 3. The number of nitrogens with zero attached hydrogens (tertiary/aromatic N) is 4. The van der Waals surface area contributed by atoms with Gasteiger partial charge in [0.1, 0.15) is 0 Å². The number of nitrogens with one attached hydrogen (secondary N) is 2. The molecule has 0 aliphatic heterocycles. The van der Waals surface area contributed by atoms with Crippen LogP contribution in [0.1, 0.15) is 22.8 Å². The Morgan fingerprint density at radius 1 is 1.00 bits per heavy atom. The fourth-order valence-electron chi connectivity index (χ4n) is 3.47. The SMILES string of the molecule is Cc1ccc([N+](=O)[O-])cc1NC(=O)C(C)Sc1nnc(-c2ccc(NC(=O)c3ccccc3)cc2)n1C. The molecule has 4 rings (SSSR count). The molecule has 0 saturated carbocycles. The maximum atomic E-state index is 12.8. The van der Waals surface area contributed by atoms with E-state index in [1.165, 1.54) is 23.9 Å². The second kappa shape index (κ2) is 11.0. The van der Waals surface area contributed by atoms with Crippen molar-refractivity contribution in [2.45, 2.75) is 24.3 Å². The largest absolute Gasteiger partial charge is 0.325 e. The summed E-state index contributed by atoms with van der Waals surface area (Å²) < 4.78 is 1.78. The van der Waals surface area contributed by atoms with Crippen molar-refractivity contribution in [2.75, 3.05) is 10.6 Å². The number of amides is 2. The number of nitro benzene ring substituents is 1. The lowest BCUT2D eigenvalue weighted by Gasteiger charge is -2.13. The van der Waals surface area contributed by atoms with Crippen molar-refractivity contribution in [1.29, 1.82) is 0 Å². The quantitative estimate of drug-likeness (QED) is 0.190. The van der Waals surface area contributed by atoms with Crippen molar-refractivity contribution < 1.29 is 14.5 Å². The number of aryl methyl sites for hydroxylation is 1. The van der Waals surface area contributed by atoms with E-state index in [2.05, 4.69) is 20.8 Å². The van der Waals surface area contributed by atoms with Crippen LogP contribution in [-0.4, -0.2) is 36.8 Å². The van der Waals surface area contributed by atoms with Gasteiger partial charge in [0, 0.05) is 36.0 Å². The number of rotatable bonds is 8. The third-order valence-corrected chi connectivity index (χ3v) is 6.75. The average Bonchev–Trinajstić information content (AvgIpc) is 3.25. The van der Waals surface area contributed by atoms with Crippen LogP contribution in [0, 0.1) is 17.0 Å². The summed E-state index contributed by atoms with van der Waals surface area (Å²) in [6.07, 6.45) is 0. The molecule has 0 radical (unpaired) electrons. The lowest BCUT2D eigenvalue weighted by molar-refractivity contribution is -0.384. The van der Waals surface area contributed by atoms with Crippen molar-refractivity contribution in [3.8, 4) is 11.4 Å². The van der Waals surface area contributed by atoms with Crippen molar-refractivity contribution in [1.82, 2.24) is 14.8 Å². The van der Waals surface area contributed by atoms with Gasteiger partial charge in [-0.2, -0.15) is 0 Å². The van der Waals surface area contributed by atoms with Gasteiger partial charge in [-0.25, -0.2) is 0 Å². The maximum absolute atomic E-state index is 12.8. The molecular formula is C26H24N6O4S. The van der Waals surface area contributed by atoms with Crippen LogP contribution in [0.15, 0.2) is 78.0 Å². The first-order chi connectivity index (χ1) is 17.7. The summed E-state index contributed by atoms with van der Waals surface area (Å²) in [7, 11) is 1.80. The molecule has 1 atom stereocenters. The molecule has 1 aromatic heterocycles. The van der Waals surface area contributed by atoms with Crippen LogP contribution in [0.25, 0.3) is 11.4 Å². The molecule has 0 bridgehead atoms. The van der Waals surface area contributed by atoms with Crippen molar-refractivity contribution in [3.63, 3.8) is 0 Å². The van der Waals surface area contributed by atoms with Crippen LogP contribution in [0.2, 0.25) is 0 Å². The Labute approximate surface area is 217 Å². The second-order valence-corrected chi connectivity index (χ2v) is 9.58. The molecule has 0 saturated heterocycles. The number of hydrogen-bond donors (Lipinski definition) is 2. The Kier molecular flexibility index (Phi) is 7.63. The van der Waals surface area contributed by atoms with Gasteiger partial charge >= 0.3 is 0 Å². The highest BCUT2D eigenvalue weighted by Gasteiger charge is 2.21. The third-order valence-electron chi connectivity index (χ3n) is 5.61. The molecule has 188 valence electrons. The fourth-order valence-corrected chi connectivity index (χ4v) is 4.28. The first kappa shape index (κ1) is 25.6.